The third kappa shape index (κ3) is 4.83. The van der Waals surface area contributed by atoms with Crippen LogP contribution in [0.5, 0.6) is 5.75 Å². The fourth-order valence-corrected chi connectivity index (χ4v) is 1.60. The Morgan fingerprint density at radius 1 is 0.952 bits per heavy atom. The second kappa shape index (κ2) is 6.30. The molecule has 0 aliphatic carbocycles. The van der Waals surface area contributed by atoms with Crippen LogP contribution in [0, 0.1) is 0 Å². The van der Waals surface area contributed by atoms with Crippen molar-refractivity contribution in [3.63, 3.8) is 0 Å². The first-order valence-corrected chi connectivity index (χ1v) is 6.01. The van der Waals surface area contributed by atoms with E-state index in [1.165, 1.54) is 12.1 Å². The predicted molar refractivity (Wildman–Crippen MR) is 68.7 cm³/mol. The Bertz CT molecular complexity index is 592. The van der Waals surface area contributed by atoms with Crippen LogP contribution in [0.25, 0.3) is 0 Å². The molecule has 0 fully saturated rings. The van der Waals surface area contributed by atoms with Crippen LogP contribution in [0.3, 0.4) is 0 Å². The summed E-state index contributed by atoms with van der Waals surface area (Å²) in [6, 6.07) is 13.6. The third-order valence-electron chi connectivity index (χ3n) is 2.54. The van der Waals surface area contributed by atoms with Crippen molar-refractivity contribution in [1.29, 1.82) is 0 Å². The van der Waals surface area contributed by atoms with E-state index in [-0.39, 0.29) is 17.9 Å². The van der Waals surface area contributed by atoms with E-state index in [4.69, 9.17) is 4.74 Å². The number of hydrogen-bond donors (Lipinski definition) is 0. The van der Waals surface area contributed by atoms with E-state index in [1.807, 2.05) is 18.2 Å². The van der Waals surface area contributed by atoms with Gasteiger partial charge in [0.2, 0.25) is 0 Å². The highest BCUT2D eigenvalue weighted by molar-refractivity contribution is 5.89. The zero-order valence-corrected chi connectivity index (χ0v) is 10.8. The minimum absolute atomic E-state index is 0.0977. The molecule has 0 heterocycles. The van der Waals surface area contributed by atoms with E-state index in [1.54, 1.807) is 12.1 Å². The topological polar surface area (TPSA) is 35.5 Å². The Kier molecular flexibility index (Phi) is 4.47. The molecule has 0 saturated heterocycles. The summed E-state index contributed by atoms with van der Waals surface area (Å²) in [7, 11) is 0. The molecule has 0 aliphatic rings. The lowest BCUT2D eigenvalue weighted by molar-refractivity contribution is -0.274. The third-order valence-corrected chi connectivity index (χ3v) is 2.54. The highest BCUT2D eigenvalue weighted by atomic mass is 19.4. The lowest BCUT2D eigenvalue weighted by Crippen LogP contribution is -2.17. The summed E-state index contributed by atoms with van der Waals surface area (Å²) in [5, 5.41) is 0. The molecule has 0 unspecified atom stereocenters. The molecule has 0 atom stereocenters. The summed E-state index contributed by atoms with van der Waals surface area (Å²) in [6.45, 7) is 0.0977. The van der Waals surface area contributed by atoms with Crippen molar-refractivity contribution < 1.29 is 27.4 Å². The fraction of sp³-hybridized carbons (Fsp3) is 0.133. The molecule has 0 aliphatic heterocycles. The molecular formula is C15H11F3O3. The summed E-state index contributed by atoms with van der Waals surface area (Å²) < 4.78 is 44.8. The quantitative estimate of drug-likeness (QED) is 0.802. The van der Waals surface area contributed by atoms with E-state index in [9.17, 15) is 18.0 Å². The average molecular weight is 296 g/mol. The van der Waals surface area contributed by atoms with Gasteiger partial charge in [0.05, 0.1) is 5.56 Å². The van der Waals surface area contributed by atoms with Gasteiger partial charge in [-0.2, -0.15) is 0 Å². The summed E-state index contributed by atoms with van der Waals surface area (Å²) in [6.07, 6.45) is -4.75. The second-order valence-electron chi connectivity index (χ2n) is 4.13. The standard InChI is InChI=1S/C15H11F3O3/c16-15(17,18)21-13-8-6-12(7-9-13)14(19)20-10-11-4-2-1-3-5-11/h1-9H,10H2. The van der Waals surface area contributed by atoms with Crippen molar-refractivity contribution in [3.8, 4) is 5.75 Å². The Labute approximate surface area is 118 Å². The maximum Gasteiger partial charge on any atom is 0.573 e. The normalized spacial score (nSPS) is 11.0. The number of carbonyl (C=O) groups is 1. The van der Waals surface area contributed by atoms with Crippen molar-refractivity contribution in [2.45, 2.75) is 13.0 Å². The minimum Gasteiger partial charge on any atom is -0.457 e. The molecule has 0 spiro atoms. The largest absolute Gasteiger partial charge is 0.573 e. The highest BCUT2D eigenvalue weighted by Gasteiger charge is 2.31. The second-order valence-corrected chi connectivity index (χ2v) is 4.13. The summed E-state index contributed by atoms with van der Waals surface area (Å²) in [5.74, 6) is -1.00. The first-order valence-electron chi connectivity index (χ1n) is 6.01. The lowest BCUT2D eigenvalue weighted by atomic mass is 10.2. The van der Waals surface area contributed by atoms with Crippen LogP contribution in [0.15, 0.2) is 54.6 Å². The van der Waals surface area contributed by atoms with Gasteiger partial charge in [0, 0.05) is 0 Å². The Morgan fingerprint density at radius 3 is 2.14 bits per heavy atom. The van der Waals surface area contributed by atoms with Gasteiger partial charge in [-0.15, -0.1) is 13.2 Å². The van der Waals surface area contributed by atoms with Gasteiger partial charge in [0.15, 0.2) is 0 Å². The van der Waals surface area contributed by atoms with E-state index in [0.717, 1.165) is 17.7 Å². The lowest BCUT2D eigenvalue weighted by Gasteiger charge is -2.09. The molecule has 2 aromatic carbocycles. The van der Waals surface area contributed by atoms with Crippen LogP contribution in [0.1, 0.15) is 15.9 Å². The number of alkyl halides is 3. The first-order chi connectivity index (χ1) is 9.94. The first kappa shape index (κ1) is 14.9. The Morgan fingerprint density at radius 2 is 1.57 bits per heavy atom. The average Bonchev–Trinajstić information content (AvgIpc) is 2.45. The van der Waals surface area contributed by atoms with Gasteiger partial charge >= 0.3 is 12.3 Å². The van der Waals surface area contributed by atoms with Gasteiger partial charge in [-0.05, 0) is 29.8 Å². The number of carbonyl (C=O) groups excluding carboxylic acids is 1. The van der Waals surface area contributed by atoms with Crippen molar-refractivity contribution in [2.75, 3.05) is 0 Å². The zero-order chi connectivity index (χ0) is 15.3. The molecular weight excluding hydrogens is 285 g/mol. The minimum atomic E-state index is -4.75. The van der Waals surface area contributed by atoms with Gasteiger partial charge in [-0.25, -0.2) is 4.79 Å². The van der Waals surface area contributed by atoms with Gasteiger partial charge in [-0.3, -0.25) is 0 Å². The van der Waals surface area contributed by atoms with Crippen LogP contribution in [0.2, 0.25) is 0 Å². The maximum absolute atomic E-state index is 12.0. The van der Waals surface area contributed by atoms with Crippen LogP contribution in [0.4, 0.5) is 13.2 Å². The summed E-state index contributed by atoms with van der Waals surface area (Å²) in [4.78, 5) is 11.7. The molecule has 0 radical (unpaired) electrons. The molecule has 0 amide bonds. The van der Waals surface area contributed by atoms with Gasteiger partial charge < -0.3 is 9.47 Å². The van der Waals surface area contributed by atoms with Gasteiger partial charge in [0.25, 0.3) is 0 Å². The van der Waals surface area contributed by atoms with Gasteiger partial charge in [-0.1, -0.05) is 30.3 Å². The van der Waals surface area contributed by atoms with Crippen LogP contribution < -0.4 is 4.74 Å². The highest BCUT2D eigenvalue weighted by Crippen LogP contribution is 2.22. The maximum atomic E-state index is 12.0. The molecule has 2 aromatic rings. The van der Waals surface area contributed by atoms with Crippen molar-refractivity contribution in [2.24, 2.45) is 0 Å². The molecule has 0 aromatic heterocycles. The molecule has 0 bridgehead atoms. The number of esters is 1. The van der Waals surface area contributed by atoms with E-state index >= 15 is 0 Å². The number of ether oxygens (including phenoxy) is 2. The number of benzene rings is 2. The molecule has 6 heteroatoms. The number of hydrogen-bond acceptors (Lipinski definition) is 3. The van der Waals surface area contributed by atoms with Crippen LogP contribution in [-0.2, 0) is 11.3 Å². The number of rotatable bonds is 4. The molecule has 110 valence electrons. The number of halogens is 3. The van der Waals surface area contributed by atoms with E-state index in [2.05, 4.69) is 4.74 Å². The Balaban J connectivity index is 1.94. The fourth-order valence-electron chi connectivity index (χ4n) is 1.60. The van der Waals surface area contributed by atoms with Gasteiger partial charge in [0.1, 0.15) is 12.4 Å². The summed E-state index contributed by atoms with van der Waals surface area (Å²) in [5.41, 5.74) is 0.975. The molecule has 0 saturated carbocycles. The van der Waals surface area contributed by atoms with E-state index in [0.29, 0.717) is 0 Å². The van der Waals surface area contributed by atoms with E-state index < -0.39 is 12.3 Å². The monoisotopic (exact) mass is 296 g/mol. The molecule has 2 rings (SSSR count). The smallest absolute Gasteiger partial charge is 0.457 e. The zero-order valence-electron chi connectivity index (χ0n) is 10.8. The van der Waals surface area contributed by atoms with Crippen molar-refractivity contribution >= 4 is 5.97 Å². The molecule has 21 heavy (non-hydrogen) atoms. The van der Waals surface area contributed by atoms with Crippen molar-refractivity contribution in [3.05, 3.63) is 65.7 Å². The van der Waals surface area contributed by atoms with Crippen LogP contribution >= 0.6 is 0 Å². The summed E-state index contributed by atoms with van der Waals surface area (Å²) >= 11 is 0. The molecule has 0 N–H and O–H groups in total. The SMILES string of the molecule is O=C(OCc1ccccc1)c1ccc(OC(F)(F)F)cc1. The Hall–Kier alpha value is -2.50. The molecule has 3 nitrogen and oxygen atoms in total. The van der Waals surface area contributed by atoms with Crippen molar-refractivity contribution in [1.82, 2.24) is 0 Å². The van der Waals surface area contributed by atoms with Crippen LogP contribution in [-0.4, -0.2) is 12.3 Å². The predicted octanol–water partition coefficient (Wildman–Crippen LogP) is 3.94.